The average molecular weight is 388 g/mol. The minimum atomic E-state index is -2.25. The van der Waals surface area contributed by atoms with Gasteiger partial charge in [-0.15, -0.1) is 0 Å². The van der Waals surface area contributed by atoms with Crippen molar-refractivity contribution in [3.63, 3.8) is 0 Å². The number of hydrogen-bond acceptors (Lipinski definition) is 7. The van der Waals surface area contributed by atoms with E-state index in [4.69, 9.17) is 21.0 Å². The maximum Gasteiger partial charge on any atom is 0.135 e. The first-order chi connectivity index (χ1) is 8.73. The molecule has 0 aliphatic rings. The Balaban J connectivity index is -0.000000196. The van der Waals surface area contributed by atoms with E-state index < -0.39 is 9.73 Å². The number of pyridine rings is 1. The van der Waals surface area contributed by atoms with Crippen LogP contribution in [0.3, 0.4) is 0 Å². The molecule has 0 radical (unpaired) electrons. The van der Waals surface area contributed by atoms with Crippen LogP contribution in [-0.4, -0.2) is 22.0 Å². The molecule has 20 heavy (non-hydrogen) atoms. The Kier molecular flexibility index (Phi) is 25.9. The van der Waals surface area contributed by atoms with E-state index in [0.717, 1.165) is 12.8 Å². The topological polar surface area (TPSA) is 163 Å². The van der Waals surface area contributed by atoms with Crippen molar-refractivity contribution >= 4 is 9.73 Å². The summed E-state index contributed by atoms with van der Waals surface area (Å²) >= 11 is 0. The predicted octanol–water partition coefficient (Wildman–Crippen LogP) is -2.54. The van der Waals surface area contributed by atoms with E-state index in [1.165, 1.54) is 0 Å². The Morgan fingerprint density at radius 3 is 2.15 bits per heavy atom. The number of hydrogen-bond donors (Lipinski definition) is 0. The summed E-state index contributed by atoms with van der Waals surface area (Å²) in [6.07, 6.45) is 3.61. The van der Waals surface area contributed by atoms with Gasteiger partial charge in [0.05, 0.1) is 9.73 Å². The molecule has 0 amide bonds. The summed E-state index contributed by atoms with van der Waals surface area (Å²) in [4.78, 5) is 4.11. The summed E-state index contributed by atoms with van der Waals surface area (Å²) in [7, 11) is -0.650. The third kappa shape index (κ3) is 10.4. The molecule has 10 heteroatoms. The van der Waals surface area contributed by atoms with Crippen LogP contribution in [0.15, 0.2) is 33.8 Å². The van der Waals surface area contributed by atoms with Crippen molar-refractivity contribution in [1.29, 1.82) is 0 Å². The van der Waals surface area contributed by atoms with Gasteiger partial charge in [-0.1, -0.05) is 19.4 Å². The second-order valence-electron chi connectivity index (χ2n) is 3.05. The van der Waals surface area contributed by atoms with Crippen LogP contribution < -0.4 is 21.0 Å². The Morgan fingerprint density at radius 2 is 1.80 bits per heavy atom. The standard InChI is InChI=1S/C10H16N2OS.Mo.2O2.O/c1-3-4-9-14(13,11-2)10-7-5-6-8-12-10;;2*1-2;/h5-8H,3-4,9H2,1-2H3;;;;/q;;3*-2/t14-;;;;/m0..../s1. The van der Waals surface area contributed by atoms with Crippen LogP contribution >= 0.6 is 0 Å². The molecule has 0 aliphatic heterocycles. The molecule has 1 heterocycles. The minimum Gasteiger partial charge on any atom is -2.00 e. The Labute approximate surface area is 133 Å². The second-order valence-corrected chi connectivity index (χ2v) is 5.52. The molecule has 0 bridgehead atoms. The van der Waals surface area contributed by atoms with Gasteiger partial charge in [0.15, 0.2) is 0 Å². The van der Waals surface area contributed by atoms with Crippen molar-refractivity contribution < 1.29 is 51.8 Å². The smallest absolute Gasteiger partial charge is 0.135 e. The van der Waals surface area contributed by atoms with Gasteiger partial charge in [-0.2, -0.15) is 0 Å². The van der Waals surface area contributed by atoms with E-state index in [-0.39, 0.29) is 26.5 Å². The van der Waals surface area contributed by atoms with Gasteiger partial charge in [-0.05, 0) is 18.6 Å². The van der Waals surface area contributed by atoms with Gasteiger partial charge in [0.2, 0.25) is 0 Å². The molecule has 0 aromatic carbocycles. The van der Waals surface area contributed by atoms with Gasteiger partial charge in [-0.25, -0.2) is 13.6 Å². The molecule has 0 N–H and O–H groups in total. The zero-order valence-corrected chi connectivity index (χ0v) is 13.9. The molecular formula is C10H16MoN2O6S-6. The molecule has 0 saturated heterocycles. The van der Waals surface area contributed by atoms with E-state index in [1.54, 1.807) is 19.3 Å². The largest absolute Gasteiger partial charge is 2.00 e. The van der Waals surface area contributed by atoms with Gasteiger partial charge in [0, 0.05) is 40.1 Å². The predicted molar refractivity (Wildman–Crippen MR) is 59.5 cm³/mol. The van der Waals surface area contributed by atoms with Gasteiger partial charge in [-0.3, -0.25) is 0 Å². The molecule has 8 nitrogen and oxygen atoms in total. The molecular weight excluding hydrogens is 372 g/mol. The minimum absolute atomic E-state index is 0. The molecule has 0 fully saturated rings. The quantitative estimate of drug-likeness (QED) is 0.313. The fourth-order valence-corrected chi connectivity index (χ4v) is 2.94. The first kappa shape index (κ1) is 27.9. The van der Waals surface area contributed by atoms with Gasteiger partial charge in [0.1, 0.15) is 5.03 Å². The van der Waals surface area contributed by atoms with Crippen molar-refractivity contribution in [3.05, 3.63) is 24.4 Å². The maximum absolute atomic E-state index is 12.3. The Bertz CT molecular complexity index is 398. The van der Waals surface area contributed by atoms with Crippen LogP contribution in [0.25, 0.3) is 0 Å². The van der Waals surface area contributed by atoms with Gasteiger partial charge < -0.3 is 26.5 Å². The summed E-state index contributed by atoms with van der Waals surface area (Å²) in [5.41, 5.74) is 0. The van der Waals surface area contributed by atoms with Crippen LogP contribution in [0.2, 0.25) is 0 Å². The first-order valence-electron chi connectivity index (χ1n) is 5.10. The van der Waals surface area contributed by atoms with E-state index in [0.29, 0.717) is 10.8 Å². The zero-order valence-electron chi connectivity index (χ0n) is 11.1. The van der Waals surface area contributed by atoms with E-state index in [2.05, 4.69) is 16.3 Å². The van der Waals surface area contributed by atoms with Gasteiger partial charge >= 0.3 is 0 Å². The zero-order chi connectivity index (χ0) is 14.4. The van der Waals surface area contributed by atoms with Crippen LogP contribution in [0, 0.1) is 0 Å². The van der Waals surface area contributed by atoms with E-state index >= 15 is 0 Å². The fraction of sp³-hybridized carbons (Fsp3) is 0.500. The summed E-state index contributed by atoms with van der Waals surface area (Å²) in [6, 6.07) is 5.45. The van der Waals surface area contributed by atoms with Crippen LogP contribution in [0.4, 0.5) is 0 Å². The fourth-order valence-electron chi connectivity index (χ4n) is 1.17. The second kappa shape index (κ2) is 18.6. The molecule has 0 unspecified atom stereocenters. The number of rotatable bonds is 4. The average Bonchev–Trinajstić information content (AvgIpc) is 2.50. The van der Waals surface area contributed by atoms with Gasteiger partial charge in [0.25, 0.3) is 0 Å². The first-order valence-corrected chi connectivity index (χ1v) is 6.78. The molecule has 0 spiro atoms. The molecule has 1 atom stereocenters. The van der Waals surface area contributed by atoms with Crippen molar-refractivity contribution in [1.82, 2.24) is 4.98 Å². The number of unbranched alkanes of at least 4 members (excludes halogenated alkanes) is 1. The number of aromatic nitrogens is 1. The Morgan fingerprint density at radius 1 is 1.25 bits per heavy atom. The molecule has 0 saturated carbocycles. The molecule has 1 aromatic heterocycles. The Hall–Kier alpha value is -0.412. The van der Waals surface area contributed by atoms with E-state index in [1.807, 2.05) is 12.1 Å². The molecule has 1 aromatic rings. The van der Waals surface area contributed by atoms with Crippen LogP contribution in [-0.2, 0) is 36.3 Å². The summed E-state index contributed by atoms with van der Waals surface area (Å²) in [5.74, 6) is 0.608. The maximum atomic E-state index is 12.3. The number of nitrogens with zero attached hydrogens (tertiary/aromatic N) is 2. The molecule has 1 rings (SSSR count). The monoisotopic (exact) mass is 390 g/mol. The van der Waals surface area contributed by atoms with Crippen molar-refractivity contribution in [2.24, 2.45) is 4.36 Å². The third-order valence-electron chi connectivity index (χ3n) is 2.03. The third-order valence-corrected chi connectivity index (χ3v) is 4.36. The molecule has 0 aliphatic carbocycles. The van der Waals surface area contributed by atoms with Crippen LogP contribution in [0.1, 0.15) is 19.8 Å². The van der Waals surface area contributed by atoms with Crippen molar-refractivity contribution in [2.75, 3.05) is 12.8 Å². The summed E-state index contributed by atoms with van der Waals surface area (Å²) < 4.78 is 16.3. The van der Waals surface area contributed by atoms with Crippen molar-refractivity contribution in [2.45, 2.75) is 24.8 Å². The molecule has 120 valence electrons. The SMILES string of the molecule is CCCC[S@@](=O)(=NC)c1ccccn1.[Mo].[O-2].[O-][O-].[O-][O-]. The van der Waals surface area contributed by atoms with E-state index in [9.17, 15) is 4.21 Å². The summed E-state index contributed by atoms with van der Waals surface area (Å²) in [5, 5.41) is 28.6. The van der Waals surface area contributed by atoms with Crippen LogP contribution in [0.5, 0.6) is 0 Å². The summed E-state index contributed by atoms with van der Waals surface area (Å²) in [6.45, 7) is 2.08. The normalized spacial score (nSPS) is 10.9. The van der Waals surface area contributed by atoms with Crippen molar-refractivity contribution in [3.8, 4) is 0 Å².